The largest absolute Gasteiger partial charge is 0.370 e. The molecule has 2 rings (SSSR count). The van der Waals surface area contributed by atoms with Crippen LogP contribution in [-0.4, -0.2) is 25.2 Å². The van der Waals surface area contributed by atoms with Gasteiger partial charge in [0.15, 0.2) is 5.65 Å². The van der Waals surface area contributed by atoms with Gasteiger partial charge in [-0.25, -0.2) is 9.67 Å². The Morgan fingerprint density at radius 1 is 1.47 bits per heavy atom. The van der Waals surface area contributed by atoms with Gasteiger partial charge in [-0.15, -0.1) is 0 Å². The molecule has 0 atom stereocenters. The molecule has 0 fully saturated rings. The van der Waals surface area contributed by atoms with Crippen molar-refractivity contribution in [2.24, 2.45) is 5.73 Å². The van der Waals surface area contributed by atoms with E-state index >= 15 is 0 Å². The Hall–Kier alpha value is -2.05. The molecule has 1 amide bonds. The lowest BCUT2D eigenvalue weighted by atomic mass is 10.4. The second kappa shape index (κ2) is 4.08. The average molecular weight is 236 g/mol. The van der Waals surface area contributed by atoms with Gasteiger partial charge in [-0.05, 0) is 13.8 Å². The Labute approximate surface area is 98.4 Å². The Morgan fingerprint density at radius 2 is 2.18 bits per heavy atom. The van der Waals surface area contributed by atoms with Crippen LogP contribution in [0.1, 0.15) is 19.0 Å². The molecule has 0 spiro atoms. The smallest absolute Gasteiger partial charge is 0.219 e. The van der Waals surface area contributed by atoms with Gasteiger partial charge >= 0.3 is 0 Å². The van der Waals surface area contributed by atoms with Gasteiger partial charge in [0, 0.05) is 19.5 Å². The van der Waals surface area contributed by atoms with Crippen molar-refractivity contribution in [2.75, 3.05) is 5.73 Å². The number of nitrogens with two attached hydrogens (primary N) is 2. The zero-order valence-electron chi connectivity index (χ0n) is 9.97. The molecular weight excluding hydrogens is 220 g/mol. The van der Waals surface area contributed by atoms with E-state index in [1.165, 1.54) is 0 Å². The zero-order valence-corrected chi connectivity index (χ0v) is 9.97. The summed E-state index contributed by atoms with van der Waals surface area (Å²) in [6.45, 7) is 5.04. The molecule has 0 aliphatic heterocycles. The molecule has 0 bridgehead atoms. The molecule has 7 nitrogen and oxygen atoms in total. The Balaban J connectivity index is 2.52. The van der Waals surface area contributed by atoms with Crippen LogP contribution in [-0.2, 0) is 17.9 Å². The summed E-state index contributed by atoms with van der Waals surface area (Å²) in [6, 6.07) is 0. The highest BCUT2D eigenvalue weighted by molar-refractivity contribution is 5.78. The zero-order chi connectivity index (χ0) is 12.6. The first-order valence-corrected chi connectivity index (χ1v) is 5.52. The molecule has 17 heavy (non-hydrogen) atoms. The van der Waals surface area contributed by atoms with E-state index in [0.29, 0.717) is 12.5 Å². The number of fused-ring (bicyclic) bond motifs is 1. The Bertz CT molecular complexity index is 567. The number of carbonyl (C=O) groups excluding carboxylic acids is 1. The number of aryl methyl sites for hydroxylation is 3. The summed E-state index contributed by atoms with van der Waals surface area (Å²) < 4.78 is 3.61. The number of nitrogen functional groups attached to an aromatic ring is 1. The van der Waals surface area contributed by atoms with E-state index in [9.17, 15) is 4.79 Å². The minimum Gasteiger partial charge on any atom is -0.370 e. The van der Waals surface area contributed by atoms with Crippen molar-refractivity contribution in [2.45, 2.75) is 33.4 Å². The van der Waals surface area contributed by atoms with Gasteiger partial charge in [0.1, 0.15) is 5.52 Å². The van der Waals surface area contributed by atoms with Gasteiger partial charge in [-0.3, -0.25) is 9.36 Å². The van der Waals surface area contributed by atoms with E-state index in [1.807, 2.05) is 18.5 Å². The lowest BCUT2D eigenvalue weighted by Crippen LogP contribution is -2.16. The third-order valence-corrected chi connectivity index (χ3v) is 2.71. The van der Waals surface area contributed by atoms with Gasteiger partial charge in [-0.1, -0.05) is 0 Å². The number of aromatic nitrogens is 4. The van der Waals surface area contributed by atoms with Crippen molar-refractivity contribution >= 4 is 23.0 Å². The molecule has 0 saturated heterocycles. The van der Waals surface area contributed by atoms with Crippen molar-refractivity contribution in [1.29, 1.82) is 0 Å². The number of carbonyl (C=O) groups is 1. The second-order valence-corrected chi connectivity index (χ2v) is 3.91. The molecule has 7 heteroatoms. The molecule has 0 aliphatic carbocycles. The molecule has 0 unspecified atom stereocenters. The van der Waals surface area contributed by atoms with Crippen molar-refractivity contribution in [3.63, 3.8) is 0 Å². The van der Waals surface area contributed by atoms with E-state index in [0.717, 1.165) is 23.4 Å². The van der Waals surface area contributed by atoms with E-state index in [4.69, 9.17) is 11.5 Å². The van der Waals surface area contributed by atoms with E-state index in [1.54, 1.807) is 4.57 Å². The molecule has 0 saturated carbocycles. The maximum absolute atomic E-state index is 10.8. The molecule has 2 aromatic heterocycles. The third kappa shape index (κ3) is 1.83. The minimum absolute atomic E-state index is 0.240. The van der Waals surface area contributed by atoms with Crippen LogP contribution in [0.25, 0.3) is 11.2 Å². The first-order chi connectivity index (χ1) is 8.04. The minimum atomic E-state index is -0.356. The van der Waals surface area contributed by atoms with Crippen LogP contribution in [0.3, 0.4) is 0 Å². The van der Waals surface area contributed by atoms with Gasteiger partial charge in [-0.2, -0.15) is 5.10 Å². The summed E-state index contributed by atoms with van der Waals surface area (Å²) in [5, 5.41) is 4.36. The maximum atomic E-state index is 10.8. The van der Waals surface area contributed by atoms with Crippen molar-refractivity contribution in [3.05, 3.63) is 5.69 Å². The fourth-order valence-electron chi connectivity index (χ4n) is 1.90. The van der Waals surface area contributed by atoms with Gasteiger partial charge in [0.25, 0.3) is 0 Å². The summed E-state index contributed by atoms with van der Waals surface area (Å²) in [5.74, 6) is 0.0366. The van der Waals surface area contributed by atoms with E-state index in [2.05, 4.69) is 10.1 Å². The summed E-state index contributed by atoms with van der Waals surface area (Å²) in [6.07, 6.45) is 0.240. The summed E-state index contributed by atoms with van der Waals surface area (Å²) in [5.41, 5.74) is 13.5. The van der Waals surface area contributed by atoms with Crippen molar-refractivity contribution in [1.82, 2.24) is 19.3 Å². The predicted molar refractivity (Wildman–Crippen MR) is 64.2 cm³/mol. The fourth-order valence-corrected chi connectivity index (χ4v) is 1.90. The van der Waals surface area contributed by atoms with Crippen molar-refractivity contribution < 1.29 is 4.79 Å². The third-order valence-electron chi connectivity index (χ3n) is 2.71. The second-order valence-electron chi connectivity index (χ2n) is 3.91. The van der Waals surface area contributed by atoms with Crippen LogP contribution in [0.4, 0.5) is 5.95 Å². The Morgan fingerprint density at radius 3 is 2.76 bits per heavy atom. The van der Waals surface area contributed by atoms with Crippen molar-refractivity contribution in [3.8, 4) is 0 Å². The highest BCUT2D eigenvalue weighted by Crippen LogP contribution is 2.21. The van der Waals surface area contributed by atoms with Gasteiger partial charge < -0.3 is 11.5 Å². The number of anilines is 1. The number of nitrogens with zero attached hydrogens (tertiary/aromatic N) is 4. The lowest BCUT2D eigenvalue weighted by molar-refractivity contribution is -0.118. The monoisotopic (exact) mass is 236 g/mol. The summed E-state index contributed by atoms with van der Waals surface area (Å²) >= 11 is 0. The van der Waals surface area contributed by atoms with Crippen LogP contribution in [0.5, 0.6) is 0 Å². The molecule has 0 radical (unpaired) electrons. The number of imidazole rings is 1. The van der Waals surface area contributed by atoms with E-state index < -0.39 is 0 Å². The molecular formula is C10H16N6O. The quantitative estimate of drug-likeness (QED) is 0.780. The molecule has 92 valence electrons. The standard InChI is InChI=1S/C10H16N6O/c1-3-16-9-8(6(2)14-16)13-10(12)15(9)5-4-7(11)17/h3-5H2,1-2H3,(H2,11,17)(H2,12,13). The summed E-state index contributed by atoms with van der Waals surface area (Å²) in [7, 11) is 0. The van der Waals surface area contributed by atoms with Crippen LogP contribution in [0.2, 0.25) is 0 Å². The fraction of sp³-hybridized carbons (Fsp3) is 0.500. The van der Waals surface area contributed by atoms with Crippen LogP contribution in [0.15, 0.2) is 0 Å². The lowest BCUT2D eigenvalue weighted by Gasteiger charge is -2.06. The molecule has 0 aliphatic rings. The van der Waals surface area contributed by atoms with Gasteiger partial charge in [0.05, 0.1) is 5.69 Å². The first-order valence-electron chi connectivity index (χ1n) is 5.52. The summed E-state index contributed by atoms with van der Waals surface area (Å²) in [4.78, 5) is 15.1. The van der Waals surface area contributed by atoms with Crippen LogP contribution < -0.4 is 11.5 Å². The molecule has 0 aromatic carbocycles. The number of rotatable bonds is 4. The number of primary amides is 1. The number of amides is 1. The normalized spacial score (nSPS) is 11.2. The van der Waals surface area contributed by atoms with Crippen LogP contribution in [0, 0.1) is 6.92 Å². The molecule has 2 aromatic rings. The van der Waals surface area contributed by atoms with Crippen LogP contribution >= 0.6 is 0 Å². The molecule has 4 N–H and O–H groups in total. The molecule has 2 heterocycles. The highest BCUT2D eigenvalue weighted by Gasteiger charge is 2.16. The maximum Gasteiger partial charge on any atom is 0.219 e. The Kier molecular flexibility index (Phi) is 2.74. The SMILES string of the molecule is CCn1nc(C)c2nc(N)n(CCC(N)=O)c21. The highest BCUT2D eigenvalue weighted by atomic mass is 16.1. The predicted octanol–water partition coefficient (Wildman–Crippen LogP) is 0.0187. The van der Waals surface area contributed by atoms with Gasteiger partial charge in [0.2, 0.25) is 11.9 Å². The average Bonchev–Trinajstić information content (AvgIpc) is 2.74. The van der Waals surface area contributed by atoms with E-state index in [-0.39, 0.29) is 12.3 Å². The number of hydrogen-bond donors (Lipinski definition) is 2. The topological polar surface area (TPSA) is 105 Å². The number of hydrogen-bond acceptors (Lipinski definition) is 4. The first kappa shape index (κ1) is 11.4.